The molecule has 4 aliphatic heterocycles. The molecule has 0 amide bonds. The average Bonchev–Trinajstić information content (AvgIpc) is 2.37. The molecule has 4 bridgehead atoms. The van der Waals surface area contributed by atoms with Gasteiger partial charge >= 0.3 is 0 Å². The van der Waals surface area contributed by atoms with Gasteiger partial charge in [0.15, 0.2) is 0 Å². The average molecular weight is 292 g/mol. The summed E-state index contributed by atoms with van der Waals surface area (Å²) in [7, 11) is -3.33. The Morgan fingerprint density at radius 1 is 1.00 bits per heavy atom. The van der Waals surface area contributed by atoms with Crippen molar-refractivity contribution in [1.29, 1.82) is 0 Å². The van der Waals surface area contributed by atoms with Crippen LogP contribution in [0.5, 0.6) is 0 Å². The summed E-state index contributed by atoms with van der Waals surface area (Å²) in [6, 6.07) is 7.63. The summed E-state index contributed by atoms with van der Waals surface area (Å²) in [4.78, 5) is 2.89. The molecule has 0 aromatic heterocycles. The minimum Gasteiger partial charge on any atom is -0.300 e. The van der Waals surface area contributed by atoms with Gasteiger partial charge in [0.25, 0.3) is 0 Å². The lowest BCUT2D eigenvalue weighted by Crippen LogP contribution is -2.68. The van der Waals surface area contributed by atoms with Crippen molar-refractivity contribution in [2.45, 2.75) is 36.7 Å². The first-order valence-electron chi connectivity index (χ1n) is 7.36. The third-order valence-electron chi connectivity index (χ3n) is 4.98. The normalized spacial score (nSPS) is 36.5. The molecule has 4 saturated heterocycles. The molecule has 0 radical (unpaired) electrons. The molecule has 4 heterocycles. The van der Waals surface area contributed by atoms with Crippen molar-refractivity contribution < 1.29 is 8.42 Å². The van der Waals surface area contributed by atoms with Gasteiger partial charge in [0.2, 0.25) is 10.0 Å². The van der Waals surface area contributed by atoms with Crippen molar-refractivity contribution in [2.24, 2.45) is 5.92 Å². The first-order valence-corrected chi connectivity index (χ1v) is 8.80. The maximum atomic E-state index is 12.9. The summed E-state index contributed by atoms with van der Waals surface area (Å²) in [5, 5.41) is 0. The smallest absolute Gasteiger partial charge is 0.243 e. The van der Waals surface area contributed by atoms with E-state index in [0.717, 1.165) is 31.5 Å². The number of aryl methyl sites for hydroxylation is 1. The van der Waals surface area contributed by atoms with Crippen LogP contribution in [0, 0.1) is 12.8 Å². The summed E-state index contributed by atoms with van der Waals surface area (Å²) in [6.07, 6.45) is 2.08. The van der Waals surface area contributed by atoms with Gasteiger partial charge in [-0.05, 0) is 37.8 Å². The van der Waals surface area contributed by atoms with Gasteiger partial charge in [0.1, 0.15) is 0 Å². The second kappa shape index (κ2) is 4.29. The highest BCUT2D eigenvalue weighted by atomic mass is 32.2. The van der Waals surface area contributed by atoms with Crippen LogP contribution in [-0.4, -0.2) is 49.3 Å². The Morgan fingerprint density at radius 3 is 2.15 bits per heavy atom. The standard InChI is InChI=1S/C15H20N2O2S/c1-11-2-4-15(5-3-11)20(18,19)17-13-6-12-7-14(17)10-16(8-12)9-13/h2-5,12-14H,6-10H2,1H3/t12-,13+,14-. The van der Waals surface area contributed by atoms with Crippen molar-refractivity contribution in [3.05, 3.63) is 29.8 Å². The third-order valence-corrected chi connectivity index (χ3v) is 7.00. The molecule has 4 atom stereocenters. The molecule has 0 aliphatic carbocycles. The van der Waals surface area contributed by atoms with Crippen molar-refractivity contribution in [2.75, 3.05) is 19.6 Å². The summed E-state index contributed by atoms with van der Waals surface area (Å²) in [5.41, 5.74) is 1.09. The zero-order valence-electron chi connectivity index (χ0n) is 11.7. The van der Waals surface area contributed by atoms with Crippen molar-refractivity contribution in [3.63, 3.8) is 0 Å². The Balaban J connectivity index is 1.71. The molecule has 0 saturated carbocycles. The number of piperidine rings is 3. The van der Waals surface area contributed by atoms with Crippen molar-refractivity contribution in [1.82, 2.24) is 9.21 Å². The molecule has 0 spiro atoms. The minimum atomic E-state index is -3.33. The van der Waals surface area contributed by atoms with E-state index in [9.17, 15) is 8.42 Å². The molecule has 0 N–H and O–H groups in total. The van der Waals surface area contributed by atoms with Crippen LogP contribution in [0.1, 0.15) is 18.4 Å². The van der Waals surface area contributed by atoms with Crippen LogP contribution in [0.4, 0.5) is 0 Å². The predicted octanol–water partition coefficient (Wildman–Crippen LogP) is 1.46. The van der Waals surface area contributed by atoms with E-state index in [4.69, 9.17) is 0 Å². The quantitative estimate of drug-likeness (QED) is 0.828. The number of rotatable bonds is 2. The van der Waals surface area contributed by atoms with E-state index in [0.29, 0.717) is 10.8 Å². The Labute approximate surface area is 120 Å². The van der Waals surface area contributed by atoms with Crippen LogP contribution in [0.25, 0.3) is 0 Å². The van der Waals surface area contributed by atoms with Crippen molar-refractivity contribution in [3.8, 4) is 0 Å². The van der Waals surface area contributed by atoms with Gasteiger partial charge in [-0.25, -0.2) is 8.42 Å². The number of piperazine rings is 1. The topological polar surface area (TPSA) is 40.6 Å². The highest BCUT2D eigenvalue weighted by Gasteiger charge is 2.50. The zero-order valence-corrected chi connectivity index (χ0v) is 12.5. The lowest BCUT2D eigenvalue weighted by atomic mass is 9.80. The molecule has 1 aromatic carbocycles. The molecule has 20 heavy (non-hydrogen) atoms. The molecule has 1 aromatic rings. The van der Waals surface area contributed by atoms with Gasteiger partial charge in [-0.15, -0.1) is 0 Å². The SMILES string of the molecule is Cc1ccc(S(=O)(=O)N2[C@@H]3C[C@H]4C[C@H]2CN(C4)C3)cc1. The van der Waals surface area contributed by atoms with E-state index in [-0.39, 0.29) is 12.1 Å². The van der Waals surface area contributed by atoms with Gasteiger partial charge in [0.05, 0.1) is 4.90 Å². The summed E-state index contributed by atoms with van der Waals surface area (Å²) in [5.74, 6) is 0.706. The maximum Gasteiger partial charge on any atom is 0.243 e. The molecule has 4 aliphatic rings. The Hall–Kier alpha value is -0.910. The van der Waals surface area contributed by atoms with E-state index in [1.54, 1.807) is 12.1 Å². The van der Waals surface area contributed by atoms with Crippen LogP contribution >= 0.6 is 0 Å². The lowest BCUT2D eigenvalue weighted by molar-refractivity contribution is -0.0372. The van der Waals surface area contributed by atoms with E-state index in [2.05, 4.69) is 4.90 Å². The van der Waals surface area contributed by atoms with Crippen LogP contribution in [0.3, 0.4) is 0 Å². The van der Waals surface area contributed by atoms with Gasteiger partial charge in [-0.2, -0.15) is 4.31 Å². The highest BCUT2D eigenvalue weighted by Crippen LogP contribution is 2.41. The van der Waals surface area contributed by atoms with Gasteiger partial charge < -0.3 is 0 Å². The van der Waals surface area contributed by atoms with E-state index in [1.165, 1.54) is 6.54 Å². The van der Waals surface area contributed by atoms with Gasteiger partial charge in [0, 0.05) is 31.7 Å². The van der Waals surface area contributed by atoms with Gasteiger partial charge in [-0.3, -0.25) is 4.90 Å². The Bertz CT molecular complexity index is 596. The van der Waals surface area contributed by atoms with E-state index < -0.39 is 10.0 Å². The van der Waals surface area contributed by atoms with E-state index >= 15 is 0 Å². The predicted molar refractivity (Wildman–Crippen MR) is 76.9 cm³/mol. The zero-order chi connectivity index (χ0) is 13.9. The molecule has 108 valence electrons. The molecule has 4 nitrogen and oxygen atoms in total. The summed E-state index contributed by atoms with van der Waals surface area (Å²) < 4.78 is 27.7. The molecule has 5 heteroatoms. The number of benzene rings is 1. The lowest BCUT2D eigenvalue weighted by Gasteiger charge is -2.56. The number of nitrogens with zero attached hydrogens (tertiary/aromatic N) is 2. The molecule has 1 unspecified atom stereocenters. The van der Waals surface area contributed by atoms with Crippen LogP contribution in [-0.2, 0) is 10.0 Å². The molecule has 5 rings (SSSR count). The molecule has 4 fully saturated rings. The number of sulfonamides is 1. The summed E-state index contributed by atoms with van der Waals surface area (Å²) >= 11 is 0. The van der Waals surface area contributed by atoms with Crippen LogP contribution in [0.15, 0.2) is 29.2 Å². The van der Waals surface area contributed by atoms with E-state index in [1.807, 2.05) is 23.4 Å². The second-order valence-electron chi connectivity index (χ2n) is 6.51. The molecular formula is C15H20N2O2S. The number of hydrogen-bond donors (Lipinski definition) is 0. The molecular weight excluding hydrogens is 272 g/mol. The fourth-order valence-corrected chi connectivity index (χ4v) is 6.05. The Morgan fingerprint density at radius 2 is 1.60 bits per heavy atom. The highest BCUT2D eigenvalue weighted by molar-refractivity contribution is 7.89. The van der Waals surface area contributed by atoms with Crippen molar-refractivity contribution >= 4 is 10.0 Å². The Kier molecular flexibility index (Phi) is 2.75. The second-order valence-corrected chi connectivity index (χ2v) is 8.35. The maximum absolute atomic E-state index is 12.9. The van der Waals surface area contributed by atoms with Crippen LogP contribution < -0.4 is 0 Å². The monoisotopic (exact) mass is 292 g/mol. The van der Waals surface area contributed by atoms with Gasteiger partial charge in [-0.1, -0.05) is 17.7 Å². The minimum absolute atomic E-state index is 0.188. The first kappa shape index (κ1) is 12.8. The third kappa shape index (κ3) is 1.84. The summed E-state index contributed by atoms with van der Waals surface area (Å²) in [6.45, 7) is 4.98. The fraction of sp³-hybridized carbons (Fsp3) is 0.600. The van der Waals surface area contributed by atoms with Crippen LogP contribution in [0.2, 0.25) is 0 Å². The largest absolute Gasteiger partial charge is 0.300 e. The fourth-order valence-electron chi connectivity index (χ4n) is 4.24. The number of hydrogen-bond acceptors (Lipinski definition) is 3. The first-order chi connectivity index (χ1) is 9.54.